The zero-order valence-electron chi connectivity index (χ0n) is 8.60. The van der Waals surface area contributed by atoms with Gasteiger partial charge in [0.2, 0.25) is 0 Å². The lowest BCUT2D eigenvalue weighted by atomic mass is 10.0. The average Bonchev–Trinajstić information content (AvgIpc) is 2.27. The Morgan fingerprint density at radius 1 is 1.35 bits per heavy atom. The summed E-state index contributed by atoms with van der Waals surface area (Å²) >= 11 is 0. The molecule has 0 aliphatic carbocycles. The molecule has 2 unspecified atom stereocenters. The summed E-state index contributed by atoms with van der Waals surface area (Å²) in [4.78, 5) is 10.3. The number of nitrogens with zero attached hydrogens (tertiary/aromatic N) is 1. The predicted molar refractivity (Wildman–Crippen MR) is 52.9 cm³/mol. The van der Waals surface area contributed by atoms with E-state index in [0.717, 1.165) is 12.1 Å². The Hall–Kier alpha value is -1.84. The molecule has 0 radical (unpaired) electrons. The standard InChI is InChI=1S/C11H9F2NO3/c12-8-3-6(4-9(13)7(8)5-15)11(17)10(16)1-2-14/h3-5,10-11,16-17H,1H2. The number of aldehydes is 1. The molecule has 0 aliphatic rings. The van der Waals surface area contributed by atoms with Crippen molar-refractivity contribution in [2.75, 3.05) is 0 Å². The highest BCUT2D eigenvalue weighted by molar-refractivity contribution is 5.75. The van der Waals surface area contributed by atoms with Crippen molar-refractivity contribution >= 4 is 6.29 Å². The summed E-state index contributed by atoms with van der Waals surface area (Å²) in [5, 5.41) is 27.1. The number of hydrogen-bond donors (Lipinski definition) is 2. The van der Waals surface area contributed by atoms with Gasteiger partial charge in [-0.2, -0.15) is 5.26 Å². The summed E-state index contributed by atoms with van der Waals surface area (Å²) in [6.07, 6.45) is -3.38. The SMILES string of the molecule is N#CCC(O)C(O)c1cc(F)c(C=O)c(F)c1. The van der Waals surface area contributed by atoms with E-state index < -0.39 is 29.4 Å². The molecule has 0 saturated carbocycles. The van der Waals surface area contributed by atoms with Crippen molar-refractivity contribution < 1.29 is 23.8 Å². The third-order valence-electron chi connectivity index (χ3n) is 2.23. The van der Waals surface area contributed by atoms with Crippen molar-refractivity contribution in [2.45, 2.75) is 18.6 Å². The molecule has 2 N–H and O–H groups in total. The zero-order chi connectivity index (χ0) is 13.0. The van der Waals surface area contributed by atoms with E-state index in [0.29, 0.717) is 0 Å². The highest BCUT2D eigenvalue weighted by atomic mass is 19.1. The fourth-order valence-electron chi connectivity index (χ4n) is 1.31. The van der Waals surface area contributed by atoms with E-state index in [1.165, 1.54) is 0 Å². The molecule has 0 heterocycles. The quantitative estimate of drug-likeness (QED) is 0.773. The van der Waals surface area contributed by atoms with Crippen LogP contribution in [0, 0.1) is 23.0 Å². The van der Waals surface area contributed by atoms with Crippen LogP contribution >= 0.6 is 0 Å². The molecule has 0 aromatic heterocycles. The molecule has 0 spiro atoms. The molecular weight excluding hydrogens is 232 g/mol. The second kappa shape index (κ2) is 5.48. The Morgan fingerprint density at radius 2 is 1.88 bits per heavy atom. The highest BCUT2D eigenvalue weighted by Crippen LogP contribution is 2.22. The molecule has 0 aliphatic heterocycles. The molecule has 4 nitrogen and oxygen atoms in total. The number of carbonyl (C=O) groups is 1. The molecular formula is C11H9F2NO3. The third kappa shape index (κ3) is 2.84. The minimum Gasteiger partial charge on any atom is -0.389 e. The van der Waals surface area contributed by atoms with Crippen molar-refractivity contribution in [2.24, 2.45) is 0 Å². The van der Waals surface area contributed by atoms with Crippen LogP contribution in [0.25, 0.3) is 0 Å². The first kappa shape index (κ1) is 13.2. The van der Waals surface area contributed by atoms with Crippen LogP contribution in [0.3, 0.4) is 0 Å². The first-order valence-electron chi connectivity index (χ1n) is 4.68. The molecule has 17 heavy (non-hydrogen) atoms. The van der Waals surface area contributed by atoms with E-state index in [9.17, 15) is 23.8 Å². The summed E-state index contributed by atoms with van der Waals surface area (Å²) in [5.74, 6) is -2.25. The predicted octanol–water partition coefficient (Wildman–Crippen LogP) is 1.09. The van der Waals surface area contributed by atoms with Gasteiger partial charge in [-0.3, -0.25) is 4.79 Å². The zero-order valence-corrected chi connectivity index (χ0v) is 8.60. The van der Waals surface area contributed by atoms with Gasteiger partial charge in [0.15, 0.2) is 6.29 Å². The number of hydrogen-bond acceptors (Lipinski definition) is 4. The fourth-order valence-corrected chi connectivity index (χ4v) is 1.31. The summed E-state index contributed by atoms with van der Waals surface area (Å²) in [6.45, 7) is 0. The number of halogens is 2. The van der Waals surface area contributed by atoms with E-state index in [-0.39, 0.29) is 18.3 Å². The van der Waals surface area contributed by atoms with Crippen LogP contribution < -0.4 is 0 Å². The molecule has 1 aromatic rings. The number of aliphatic hydroxyl groups excluding tert-OH is 2. The highest BCUT2D eigenvalue weighted by Gasteiger charge is 2.21. The van der Waals surface area contributed by atoms with Gasteiger partial charge in [-0.15, -0.1) is 0 Å². The van der Waals surface area contributed by atoms with Crippen LogP contribution in [0.15, 0.2) is 12.1 Å². The largest absolute Gasteiger partial charge is 0.389 e. The lowest BCUT2D eigenvalue weighted by Gasteiger charge is -2.16. The molecule has 6 heteroatoms. The maximum atomic E-state index is 13.2. The van der Waals surface area contributed by atoms with Crippen LogP contribution in [0.1, 0.15) is 28.4 Å². The van der Waals surface area contributed by atoms with Crippen molar-refractivity contribution in [1.82, 2.24) is 0 Å². The van der Waals surface area contributed by atoms with Crippen LogP contribution in [-0.4, -0.2) is 22.6 Å². The van der Waals surface area contributed by atoms with Gasteiger partial charge in [-0.05, 0) is 17.7 Å². The van der Waals surface area contributed by atoms with E-state index in [1.54, 1.807) is 6.07 Å². The van der Waals surface area contributed by atoms with Crippen molar-refractivity contribution in [3.05, 3.63) is 34.9 Å². The first-order chi connectivity index (χ1) is 8.01. The summed E-state index contributed by atoms with van der Waals surface area (Å²) < 4.78 is 26.4. The molecule has 1 aromatic carbocycles. The van der Waals surface area contributed by atoms with Gasteiger partial charge in [0.05, 0.1) is 24.2 Å². The number of benzene rings is 1. The number of carbonyl (C=O) groups excluding carboxylic acids is 1. The molecule has 0 amide bonds. The Balaban J connectivity index is 3.08. The lowest BCUT2D eigenvalue weighted by molar-refractivity contribution is 0.0213. The van der Waals surface area contributed by atoms with Crippen LogP contribution in [0.5, 0.6) is 0 Å². The van der Waals surface area contributed by atoms with Crippen LogP contribution in [-0.2, 0) is 0 Å². The van der Waals surface area contributed by atoms with Crippen LogP contribution in [0.2, 0.25) is 0 Å². The summed E-state index contributed by atoms with van der Waals surface area (Å²) in [7, 11) is 0. The molecule has 0 fully saturated rings. The Morgan fingerprint density at radius 3 is 2.29 bits per heavy atom. The fraction of sp³-hybridized carbons (Fsp3) is 0.273. The van der Waals surface area contributed by atoms with E-state index >= 15 is 0 Å². The minimum absolute atomic E-state index is 0.0204. The van der Waals surface area contributed by atoms with Gasteiger partial charge >= 0.3 is 0 Å². The van der Waals surface area contributed by atoms with E-state index in [1.807, 2.05) is 0 Å². The molecule has 0 saturated heterocycles. The van der Waals surface area contributed by atoms with Crippen molar-refractivity contribution in [3.63, 3.8) is 0 Å². The summed E-state index contributed by atoms with van der Waals surface area (Å²) in [5.41, 5.74) is -0.968. The Bertz CT molecular complexity index is 447. The molecule has 90 valence electrons. The molecule has 1 rings (SSSR count). The normalized spacial score (nSPS) is 13.8. The number of aliphatic hydroxyl groups is 2. The first-order valence-corrected chi connectivity index (χ1v) is 4.68. The van der Waals surface area contributed by atoms with Gasteiger partial charge in [-0.1, -0.05) is 0 Å². The van der Waals surface area contributed by atoms with Gasteiger partial charge in [0, 0.05) is 0 Å². The second-order valence-corrected chi connectivity index (χ2v) is 3.39. The lowest BCUT2D eigenvalue weighted by Crippen LogP contribution is -2.18. The van der Waals surface area contributed by atoms with Crippen molar-refractivity contribution in [3.8, 4) is 6.07 Å². The van der Waals surface area contributed by atoms with Gasteiger partial charge < -0.3 is 10.2 Å². The number of nitriles is 1. The third-order valence-corrected chi connectivity index (χ3v) is 2.23. The smallest absolute Gasteiger partial charge is 0.155 e. The molecule has 0 bridgehead atoms. The topological polar surface area (TPSA) is 81.3 Å². The second-order valence-electron chi connectivity index (χ2n) is 3.39. The monoisotopic (exact) mass is 241 g/mol. The van der Waals surface area contributed by atoms with Gasteiger partial charge in [-0.25, -0.2) is 8.78 Å². The average molecular weight is 241 g/mol. The van der Waals surface area contributed by atoms with Gasteiger partial charge in [0.25, 0.3) is 0 Å². The maximum Gasteiger partial charge on any atom is 0.155 e. The van der Waals surface area contributed by atoms with Crippen LogP contribution in [0.4, 0.5) is 8.78 Å². The van der Waals surface area contributed by atoms with Gasteiger partial charge in [0.1, 0.15) is 17.7 Å². The van der Waals surface area contributed by atoms with Crippen molar-refractivity contribution in [1.29, 1.82) is 5.26 Å². The Kier molecular flexibility index (Phi) is 4.26. The maximum absolute atomic E-state index is 13.2. The number of rotatable bonds is 4. The molecule has 2 atom stereocenters. The summed E-state index contributed by atoms with van der Waals surface area (Å²) in [6, 6.07) is 3.11. The van der Waals surface area contributed by atoms with E-state index in [2.05, 4.69) is 0 Å². The minimum atomic E-state index is -1.58. The van der Waals surface area contributed by atoms with E-state index in [4.69, 9.17) is 5.26 Å². The Labute approximate surface area is 95.7 Å².